The number of likely N-dealkylation sites (tertiary alicyclic amines) is 1. The third-order valence-corrected chi connectivity index (χ3v) is 5.97. The molecule has 0 unspecified atom stereocenters. The first-order valence-corrected chi connectivity index (χ1v) is 10.4. The molecule has 0 bridgehead atoms. The highest BCUT2D eigenvalue weighted by Crippen LogP contribution is 2.40. The number of alkyl halides is 3. The van der Waals surface area contributed by atoms with Crippen LogP contribution in [0.2, 0.25) is 0 Å². The molecule has 0 aliphatic carbocycles. The topological polar surface area (TPSA) is 49.9 Å². The number of benzene rings is 2. The molecule has 0 N–H and O–H groups in total. The Hall–Kier alpha value is -3.29. The van der Waals surface area contributed by atoms with E-state index >= 15 is 0 Å². The van der Waals surface area contributed by atoms with E-state index in [1.807, 2.05) is 4.90 Å². The second-order valence-electron chi connectivity index (χ2n) is 8.09. The molecule has 2 aliphatic rings. The number of hydrogen-bond acceptors (Lipinski definition) is 4. The molecule has 168 valence electrons. The largest absolute Gasteiger partial charge is 0.496 e. The molecule has 1 saturated heterocycles. The van der Waals surface area contributed by atoms with Gasteiger partial charge in [-0.25, -0.2) is 4.90 Å². The van der Waals surface area contributed by atoms with Gasteiger partial charge in [0.2, 0.25) is 0 Å². The Balaban J connectivity index is 1.84. The molecule has 0 radical (unpaired) electrons. The Morgan fingerprint density at radius 1 is 0.969 bits per heavy atom. The van der Waals surface area contributed by atoms with Crippen LogP contribution < -0.4 is 9.64 Å². The highest BCUT2D eigenvalue weighted by Gasteiger charge is 2.44. The van der Waals surface area contributed by atoms with Crippen LogP contribution in [-0.2, 0) is 15.8 Å². The van der Waals surface area contributed by atoms with Crippen LogP contribution in [0.15, 0.2) is 54.2 Å². The Morgan fingerprint density at radius 3 is 2.31 bits per heavy atom. The number of halogens is 3. The summed E-state index contributed by atoms with van der Waals surface area (Å²) >= 11 is 0. The standard InChI is InChI=1S/C24H23F3N2O3/c1-15-10-12-28(13-11-15)21-20(18-8-3-4-9-19(18)32-2)22(30)29(23(21)31)17-7-5-6-16(14-17)24(25,26)27/h3-9,14-15H,10-13H2,1-2H3. The van der Waals surface area contributed by atoms with Crippen LogP contribution >= 0.6 is 0 Å². The zero-order valence-electron chi connectivity index (χ0n) is 17.8. The Bertz CT molecular complexity index is 1090. The zero-order valence-corrected chi connectivity index (χ0v) is 17.8. The van der Waals surface area contributed by atoms with Gasteiger partial charge >= 0.3 is 6.18 Å². The molecule has 2 aromatic carbocycles. The average Bonchev–Trinajstić information content (AvgIpc) is 3.03. The minimum Gasteiger partial charge on any atom is -0.496 e. The van der Waals surface area contributed by atoms with E-state index in [0.717, 1.165) is 29.9 Å². The Labute approximate surface area is 184 Å². The van der Waals surface area contributed by atoms with Crippen LogP contribution in [0.25, 0.3) is 5.57 Å². The molecule has 2 amide bonds. The fourth-order valence-corrected chi connectivity index (χ4v) is 4.19. The van der Waals surface area contributed by atoms with E-state index in [2.05, 4.69) is 6.92 Å². The van der Waals surface area contributed by atoms with Crippen LogP contribution in [0.1, 0.15) is 30.9 Å². The molecule has 0 spiro atoms. The minimum atomic E-state index is -4.59. The molecule has 1 fully saturated rings. The van der Waals surface area contributed by atoms with Crippen LogP contribution in [0, 0.1) is 5.92 Å². The molecule has 32 heavy (non-hydrogen) atoms. The van der Waals surface area contributed by atoms with Crippen molar-refractivity contribution >= 4 is 23.1 Å². The third kappa shape index (κ3) is 3.85. The van der Waals surface area contributed by atoms with Gasteiger partial charge in [0.25, 0.3) is 11.8 Å². The van der Waals surface area contributed by atoms with Crippen LogP contribution in [0.3, 0.4) is 0 Å². The lowest BCUT2D eigenvalue weighted by Crippen LogP contribution is -2.38. The lowest BCUT2D eigenvalue weighted by Gasteiger charge is -2.32. The third-order valence-electron chi connectivity index (χ3n) is 5.97. The summed E-state index contributed by atoms with van der Waals surface area (Å²) in [5.74, 6) is -0.372. The van der Waals surface area contributed by atoms with E-state index in [9.17, 15) is 22.8 Å². The van der Waals surface area contributed by atoms with Crippen molar-refractivity contribution in [3.05, 3.63) is 65.4 Å². The summed E-state index contributed by atoms with van der Waals surface area (Å²) in [5.41, 5.74) is -0.225. The lowest BCUT2D eigenvalue weighted by molar-refractivity contribution is -0.137. The van der Waals surface area contributed by atoms with Crippen molar-refractivity contribution in [3.8, 4) is 5.75 Å². The van der Waals surface area contributed by atoms with Crippen molar-refractivity contribution in [1.82, 2.24) is 4.90 Å². The number of imide groups is 1. The van der Waals surface area contributed by atoms with Crippen LogP contribution in [0.4, 0.5) is 18.9 Å². The predicted octanol–water partition coefficient (Wildman–Crippen LogP) is 4.73. The van der Waals surface area contributed by atoms with Gasteiger partial charge in [0.15, 0.2) is 0 Å². The van der Waals surface area contributed by atoms with E-state index < -0.39 is 23.6 Å². The van der Waals surface area contributed by atoms with Gasteiger partial charge < -0.3 is 9.64 Å². The van der Waals surface area contributed by atoms with Gasteiger partial charge in [-0.2, -0.15) is 13.2 Å². The molecular weight excluding hydrogens is 421 g/mol. The fraction of sp³-hybridized carbons (Fsp3) is 0.333. The lowest BCUT2D eigenvalue weighted by atomic mass is 9.97. The summed E-state index contributed by atoms with van der Waals surface area (Å²) in [5, 5.41) is 0. The summed E-state index contributed by atoms with van der Waals surface area (Å²) in [7, 11) is 1.47. The number of carbonyl (C=O) groups is 2. The number of ether oxygens (including phenoxy) is 1. The molecule has 0 saturated carbocycles. The first-order valence-electron chi connectivity index (χ1n) is 10.4. The van der Waals surface area contributed by atoms with Crippen molar-refractivity contribution in [3.63, 3.8) is 0 Å². The van der Waals surface area contributed by atoms with Crippen molar-refractivity contribution in [2.24, 2.45) is 5.92 Å². The van der Waals surface area contributed by atoms with Gasteiger partial charge in [-0.1, -0.05) is 31.2 Å². The summed E-state index contributed by atoms with van der Waals surface area (Å²) in [6.45, 7) is 3.30. The number of anilines is 1. The highest BCUT2D eigenvalue weighted by atomic mass is 19.4. The molecule has 2 aliphatic heterocycles. The summed E-state index contributed by atoms with van der Waals surface area (Å²) < 4.78 is 45.2. The zero-order chi connectivity index (χ0) is 23.0. The molecule has 0 aromatic heterocycles. The summed E-state index contributed by atoms with van der Waals surface area (Å²) in [6, 6.07) is 11.1. The number of para-hydroxylation sites is 1. The van der Waals surface area contributed by atoms with Gasteiger partial charge in [0.05, 0.1) is 23.9 Å². The first kappa shape index (κ1) is 21.9. The number of hydrogen-bond donors (Lipinski definition) is 0. The minimum absolute atomic E-state index is 0.109. The number of piperidine rings is 1. The number of nitrogens with zero attached hydrogens (tertiary/aromatic N) is 2. The van der Waals surface area contributed by atoms with Crippen LogP contribution in [-0.4, -0.2) is 36.9 Å². The molecule has 0 atom stereocenters. The monoisotopic (exact) mass is 444 g/mol. The smallest absolute Gasteiger partial charge is 0.416 e. The predicted molar refractivity (Wildman–Crippen MR) is 114 cm³/mol. The van der Waals surface area contributed by atoms with Gasteiger partial charge in [0.1, 0.15) is 11.4 Å². The van der Waals surface area contributed by atoms with Gasteiger partial charge in [-0.15, -0.1) is 0 Å². The maximum Gasteiger partial charge on any atom is 0.416 e. The fourth-order valence-electron chi connectivity index (χ4n) is 4.19. The van der Waals surface area contributed by atoms with Gasteiger partial charge in [-0.3, -0.25) is 9.59 Å². The molecule has 2 aromatic rings. The van der Waals surface area contributed by atoms with Gasteiger partial charge in [-0.05, 0) is 43.0 Å². The second-order valence-corrected chi connectivity index (χ2v) is 8.09. The highest BCUT2D eigenvalue weighted by molar-refractivity contribution is 6.45. The Morgan fingerprint density at radius 2 is 1.66 bits per heavy atom. The van der Waals surface area contributed by atoms with Crippen molar-refractivity contribution in [2.45, 2.75) is 25.9 Å². The maximum atomic E-state index is 13.5. The summed E-state index contributed by atoms with van der Waals surface area (Å²) in [6.07, 6.45) is -2.88. The van der Waals surface area contributed by atoms with E-state index in [-0.39, 0.29) is 17.0 Å². The molecule has 8 heteroatoms. The SMILES string of the molecule is COc1ccccc1C1=C(N2CCC(C)CC2)C(=O)N(c2cccc(C(F)(F)F)c2)C1=O. The normalized spacial score (nSPS) is 18.0. The van der Waals surface area contributed by atoms with Crippen molar-refractivity contribution < 1.29 is 27.5 Å². The van der Waals surface area contributed by atoms with E-state index in [1.54, 1.807) is 24.3 Å². The first-order chi connectivity index (χ1) is 15.2. The number of methoxy groups -OCH3 is 1. The van der Waals surface area contributed by atoms with Crippen molar-refractivity contribution in [2.75, 3.05) is 25.1 Å². The van der Waals surface area contributed by atoms with E-state index in [4.69, 9.17) is 4.74 Å². The molecule has 2 heterocycles. The van der Waals surface area contributed by atoms with Crippen molar-refractivity contribution in [1.29, 1.82) is 0 Å². The molecule has 5 nitrogen and oxygen atoms in total. The van der Waals surface area contributed by atoms with E-state index in [0.29, 0.717) is 30.3 Å². The Kier molecular flexibility index (Phi) is 5.71. The maximum absolute atomic E-state index is 13.5. The molecular formula is C24H23F3N2O3. The number of amides is 2. The van der Waals surface area contributed by atoms with Gasteiger partial charge in [0, 0.05) is 18.7 Å². The molecule has 4 rings (SSSR count). The number of carbonyl (C=O) groups excluding carboxylic acids is 2. The average molecular weight is 444 g/mol. The quantitative estimate of drug-likeness (QED) is 0.640. The second kappa shape index (κ2) is 8.33. The summed E-state index contributed by atoms with van der Waals surface area (Å²) in [4.78, 5) is 29.8. The van der Waals surface area contributed by atoms with Crippen LogP contribution in [0.5, 0.6) is 5.75 Å². The van der Waals surface area contributed by atoms with E-state index in [1.165, 1.54) is 19.2 Å². The number of rotatable bonds is 4.